The van der Waals surface area contributed by atoms with Crippen molar-refractivity contribution < 1.29 is 0 Å². The molecule has 0 aliphatic carbocycles. The van der Waals surface area contributed by atoms with Gasteiger partial charge in [-0.05, 0) is 17.7 Å². The van der Waals surface area contributed by atoms with Crippen LogP contribution in [-0.2, 0) is 0 Å². The van der Waals surface area contributed by atoms with Gasteiger partial charge in [-0.2, -0.15) is 5.10 Å². The largest absolute Gasteiger partial charge is 0.261 e. The SMILES string of the molecule is CN=c1scc(-c2ccc(Br)cc2)n1/N=C/c1ccccc1. The van der Waals surface area contributed by atoms with Crippen LogP contribution in [0.3, 0.4) is 0 Å². The lowest BCUT2D eigenvalue weighted by Gasteiger charge is -2.03. The lowest BCUT2D eigenvalue weighted by molar-refractivity contribution is 0.848. The Hall–Kier alpha value is -1.98. The first-order chi connectivity index (χ1) is 10.8. The smallest absolute Gasteiger partial charge is 0.205 e. The molecule has 0 fully saturated rings. The van der Waals surface area contributed by atoms with Crippen molar-refractivity contribution in [3.8, 4) is 11.3 Å². The lowest BCUT2D eigenvalue weighted by Crippen LogP contribution is -2.11. The van der Waals surface area contributed by atoms with E-state index < -0.39 is 0 Å². The predicted octanol–water partition coefficient (Wildman–Crippen LogP) is 4.39. The molecule has 3 rings (SSSR count). The first-order valence-corrected chi connectivity index (χ1v) is 8.44. The van der Waals surface area contributed by atoms with Crippen molar-refractivity contribution in [2.24, 2.45) is 10.1 Å². The molecule has 1 heterocycles. The summed E-state index contributed by atoms with van der Waals surface area (Å²) >= 11 is 5.05. The van der Waals surface area contributed by atoms with Crippen molar-refractivity contribution in [1.82, 2.24) is 4.68 Å². The Morgan fingerprint density at radius 1 is 1.05 bits per heavy atom. The van der Waals surface area contributed by atoms with E-state index in [1.165, 1.54) is 0 Å². The van der Waals surface area contributed by atoms with Gasteiger partial charge in [0.2, 0.25) is 4.80 Å². The summed E-state index contributed by atoms with van der Waals surface area (Å²) in [6, 6.07) is 18.2. The van der Waals surface area contributed by atoms with E-state index in [9.17, 15) is 0 Å². The van der Waals surface area contributed by atoms with E-state index in [1.54, 1.807) is 18.4 Å². The highest BCUT2D eigenvalue weighted by Crippen LogP contribution is 2.22. The molecule has 110 valence electrons. The highest BCUT2D eigenvalue weighted by atomic mass is 79.9. The van der Waals surface area contributed by atoms with Crippen LogP contribution in [0.1, 0.15) is 5.56 Å². The van der Waals surface area contributed by atoms with Crippen LogP contribution in [-0.4, -0.2) is 17.9 Å². The third-order valence-electron chi connectivity index (χ3n) is 3.14. The second-order valence-electron chi connectivity index (χ2n) is 4.60. The fourth-order valence-electron chi connectivity index (χ4n) is 2.04. The molecule has 0 atom stereocenters. The molecular weight excluding hydrogens is 358 g/mol. The molecular formula is C17H14BrN3S. The zero-order valence-electron chi connectivity index (χ0n) is 12.0. The number of hydrogen-bond acceptors (Lipinski definition) is 3. The van der Waals surface area contributed by atoms with Crippen LogP contribution in [0.25, 0.3) is 11.3 Å². The Morgan fingerprint density at radius 2 is 1.77 bits per heavy atom. The molecule has 5 heteroatoms. The van der Waals surface area contributed by atoms with Crippen LogP contribution in [0, 0.1) is 0 Å². The molecule has 22 heavy (non-hydrogen) atoms. The summed E-state index contributed by atoms with van der Waals surface area (Å²) in [6.07, 6.45) is 1.85. The minimum atomic E-state index is 0.866. The van der Waals surface area contributed by atoms with Crippen LogP contribution in [0.4, 0.5) is 0 Å². The van der Waals surface area contributed by atoms with Gasteiger partial charge in [0.05, 0.1) is 11.9 Å². The van der Waals surface area contributed by atoms with Gasteiger partial charge in [-0.1, -0.05) is 58.4 Å². The molecule has 0 aliphatic rings. The number of aromatic nitrogens is 1. The van der Waals surface area contributed by atoms with Crippen LogP contribution in [0.15, 0.2) is 74.5 Å². The second-order valence-corrected chi connectivity index (χ2v) is 6.35. The van der Waals surface area contributed by atoms with Gasteiger partial charge in [-0.3, -0.25) is 4.99 Å². The summed E-state index contributed by atoms with van der Waals surface area (Å²) in [4.78, 5) is 5.17. The minimum Gasteiger partial charge on any atom is -0.261 e. The highest BCUT2D eigenvalue weighted by molar-refractivity contribution is 9.10. The molecule has 0 unspecified atom stereocenters. The van der Waals surface area contributed by atoms with E-state index in [0.717, 1.165) is 26.1 Å². The van der Waals surface area contributed by atoms with E-state index in [4.69, 9.17) is 0 Å². The molecule has 1 aromatic heterocycles. The molecule has 0 saturated heterocycles. The molecule has 0 N–H and O–H groups in total. The van der Waals surface area contributed by atoms with Crippen molar-refractivity contribution in [3.63, 3.8) is 0 Å². The predicted molar refractivity (Wildman–Crippen MR) is 96.4 cm³/mol. The number of rotatable bonds is 3. The molecule has 0 amide bonds. The summed E-state index contributed by atoms with van der Waals surface area (Å²) in [6.45, 7) is 0. The number of benzene rings is 2. The lowest BCUT2D eigenvalue weighted by atomic mass is 10.2. The zero-order chi connectivity index (χ0) is 15.4. The number of nitrogens with zero attached hydrogens (tertiary/aromatic N) is 3. The maximum Gasteiger partial charge on any atom is 0.205 e. The Labute approximate surface area is 141 Å². The minimum absolute atomic E-state index is 0.866. The van der Waals surface area contributed by atoms with Gasteiger partial charge in [0.25, 0.3) is 0 Å². The monoisotopic (exact) mass is 371 g/mol. The third-order valence-corrected chi connectivity index (χ3v) is 4.57. The quantitative estimate of drug-likeness (QED) is 0.611. The van der Waals surface area contributed by atoms with Crippen molar-refractivity contribution in [1.29, 1.82) is 0 Å². The van der Waals surface area contributed by atoms with Crippen molar-refractivity contribution in [2.75, 3.05) is 7.05 Å². The number of thiazole rings is 1. The first-order valence-electron chi connectivity index (χ1n) is 6.76. The topological polar surface area (TPSA) is 29.6 Å². The summed E-state index contributed by atoms with van der Waals surface area (Å²) in [7, 11) is 1.78. The summed E-state index contributed by atoms with van der Waals surface area (Å²) in [5, 5.41) is 6.68. The molecule has 2 aromatic carbocycles. The fraction of sp³-hybridized carbons (Fsp3) is 0.0588. The van der Waals surface area contributed by atoms with Gasteiger partial charge in [-0.15, -0.1) is 11.3 Å². The fourth-order valence-corrected chi connectivity index (χ4v) is 3.11. The van der Waals surface area contributed by atoms with Crippen molar-refractivity contribution >= 4 is 33.5 Å². The van der Waals surface area contributed by atoms with Gasteiger partial charge >= 0.3 is 0 Å². The molecule has 3 aromatic rings. The number of halogens is 1. The third kappa shape index (κ3) is 3.26. The standard InChI is InChI=1S/C17H14BrN3S/c1-19-17-21(20-11-13-5-3-2-4-6-13)16(12-22-17)14-7-9-15(18)10-8-14/h2-12H,1H3/b19-17?,20-11+. The van der Waals surface area contributed by atoms with Crippen LogP contribution in [0.2, 0.25) is 0 Å². The van der Waals surface area contributed by atoms with Crippen molar-refractivity contribution in [3.05, 3.63) is 74.8 Å². The van der Waals surface area contributed by atoms with E-state index in [0.29, 0.717) is 0 Å². The van der Waals surface area contributed by atoms with Crippen molar-refractivity contribution in [2.45, 2.75) is 0 Å². The summed E-state index contributed by atoms with van der Waals surface area (Å²) < 4.78 is 2.94. The van der Waals surface area contributed by atoms with Crippen LogP contribution >= 0.6 is 27.3 Å². The Morgan fingerprint density at radius 3 is 2.45 bits per heavy atom. The highest BCUT2D eigenvalue weighted by Gasteiger charge is 2.06. The van der Waals surface area contributed by atoms with Gasteiger partial charge in [0, 0.05) is 22.5 Å². The molecule has 0 radical (unpaired) electrons. The Bertz CT molecular complexity index is 846. The average molecular weight is 372 g/mol. The van der Waals surface area contributed by atoms with Gasteiger partial charge in [-0.25, -0.2) is 4.68 Å². The summed E-state index contributed by atoms with van der Waals surface area (Å²) in [5.74, 6) is 0. The molecule has 0 spiro atoms. The van der Waals surface area contributed by atoms with Gasteiger partial charge in [0.15, 0.2) is 0 Å². The maximum absolute atomic E-state index is 4.60. The number of hydrogen-bond donors (Lipinski definition) is 0. The Balaban J connectivity index is 2.05. The summed E-state index contributed by atoms with van der Waals surface area (Å²) in [5.41, 5.74) is 3.20. The zero-order valence-corrected chi connectivity index (χ0v) is 14.4. The van der Waals surface area contributed by atoms with E-state index in [1.807, 2.05) is 53.4 Å². The second kappa shape index (κ2) is 6.85. The molecule has 3 nitrogen and oxygen atoms in total. The van der Waals surface area contributed by atoms with Crippen LogP contribution < -0.4 is 4.80 Å². The van der Waals surface area contributed by atoms with E-state index in [-0.39, 0.29) is 0 Å². The molecule has 0 saturated carbocycles. The maximum atomic E-state index is 4.60. The average Bonchev–Trinajstić information content (AvgIpc) is 2.97. The first kappa shape index (κ1) is 14.9. The normalized spacial score (nSPS) is 12.2. The van der Waals surface area contributed by atoms with E-state index in [2.05, 4.69) is 43.5 Å². The molecule has 0 bridgehead atoms. The molecule has 0 aliphatic heterocycles. The van der Waals surface area contributed by atoms with Gasteiger partial charge < -0.3 is 0 Å². The van der Waals surface area contributed by atoms with Gasteiger partial charge in [0.1, 0.15) is 0 Å². The van der Waals surface area contributed by atoms with Crippen LogP contribution in [0.5, 0.6) is 0 Å². The van der Waals surface area contributed by atoms with E-state index >= 15 is 0 Å². The Kier molecular flexibility index (Phi) is 4.65.